The number of amides is 1. The predicted octanol–water partition coefficient (Wildman–Crippen LogP) is 5.63. The second kappa shape index (κ2) is 6.65. The number of carbonyl (C=O) groups excluding carboxylic acids is 1. The third-order valence-corrected chi connectivity index (χ3v) is 5.33. The maximum atomic E-state index is 12.4. The molecule has 3 rings (SSSR count). The van der Waals surface area contributed by atoms with Crippen LogP contribution >= 0.6 is 50.5 Å². The normalized spacial score (nSPS) is 10.8. The lowest BCUT2D eigenvalue weighted by Crippen LogP contribution is -2.12. The molecule has 1 N–H and O–H groups in total. The largest absolute Gasteiger partial charge is 0.494 e. The summed E-state index contributed by atoms with van der Waals surface area (Å²) in [6, 6.07) is 8.54. The van der Waals surface area contributed by atoms with Crippen molar-refractivity contribution in [2.24, 2.45) is 0 Å². The molecular weight excluding hydrogens is 423 g/mol. The summed E-state index contributed by atoms with van der Waals surface area (Å²) < 4.78 is 6.78. The highest BCUT2D eigenvalue weighted by Crippen LogP contribution is 2.37. The maximum absolute atomic E-state index is 12.4. The second-order valence-corrected chi connectivity index (χ2v) is 7.25. The van der Waals surface area contributed by atoms with Crippen molar-refractivity contribution in [1.82, 2.24) is 4.98 Å². The van der Waals surface area contributed by atoms with Crippen molar-refractivity contribution in [2.75, 3.05) is 12.4 Å². The van der Waals surface area contributed by atoms with E-state index in [1.165, 1.54) is 11.3 Å². The van der Waals surface area contributed by atoms with Gasteiger partial charge in [-0.3, -0.25) is 10.1 Å². The summed E-state index contributed by atoms with van der Waals surface area (Å²) in [7, 11) is 1.56. The third-order valence-electron chi connectivity index (χ3n) is 3.07. The van der Waals surface area contributed by atoms with E-state index in [0.717, 1.165) is 9.17 Å². The molecule has 0 fully saturated rings. The second-order valence-electron chi connectivity index (χ2n) is 4.52. The zero-order chi connectivity index (χ0) is 16.6. The van der Waals surface area contributed by atoms with Crippen molar-refractivity contribution in [1.29, 1.82) is 0 Å². The summed E-state index contributed by atoms with van der Waals surface area (Å²) >= 11 is 16.8. The maximum Gasteiger partial charge on any atom is 0.258 e. The molecule has 0 aliphatic heterocycles. The molecule has 4 nitrogen and oxygen atoms in total. The number of benzene rings is 2. The standard InChI is InChI=1S/C15H9BrCl2N2O2S/c1-22-11-5-4-10(18)13-12(11)19-15(23-13)20-14(21)8-6-7(16)2-3-9(8)17/h2-6H,1H3,(H,19,20,21). The van der Waals surface area contributed by atoms with Crippen molar-refractivity contribution < 1.29 is 9.53 Å². The lowest BCUT2D eigenvalue weighted by atomic mass is 10.2. The fourth-order valence-corrected chi connectivity index (χ4v) is 3.72. The Kier molecular flexibility index (Phi) is 4.77. The van der Waals surface area contributed by atoms with Crippen LogP contribution in [0.2, 0.25) is 10.0 Å². The smallest absolute Gasteiger partial charge is 0.258 e. The van der Waals surface area contributed by atoms with E-state index in [9.17, 15) is 4.79 Å². The Morgan fingerprint density at radius 2 is 2.00 bits per heavy atom. The van der Waals surface area contributed by atoms with Crippen LogP contribution in [0.3, 0.4) is 0 Å². The molecule has 0 unspecified atom stereocenters. The van der Waals surface area contributed by atoms with Gasteiger partial charge >= 0.3 is 0 Å². The SMILES string of the molecule is COc1ccc(Cl)c2sc(NC(=O)c3cc(Br)ccc3Cl)nc12. The highest BCUT2D eigenvalue weighted by atomic mass is 79.9. The first-order chi connectivity index (χ1) is 11.0. The average Bonchev–Trinajstić information content (AvgIpc) is 2.94. The molecule has 0 atom stereocenters. The summed E-state index contributed by atoms with van der Waals surface area (Å²) in [5.41, 5.74) is 0.971. The summed E-state index contributed by atoms with van der Waals surface area (Å²) in [5, 5.41) is 4.09. The topological polar surface area (TPSA) is 51.2 Å². The minimum atomic E-state index is -0.342. The lowest BCUT2D eigenvalue weighted by molar-refractivity contribution is 0.102. The van der Waals surface area contributed by atoms with Crippen molar-refractivity contribution in [3.63, 3.8) is 0 Å². The third kappa shape index (κ3) is 3.30. The summed E-state index contributed by atoms with van der Waals surface area (Å²) in [5.74, 6) is 0.257. The molecule has 0 saturated heterocycles. The molecule has 0 saturated carbocycles. The van der Waals surface area contributed by atoms with Gasteiger partial charge in [0.25, 0.3) is 5.91 Å². The highest BCUT2D eigenvalue weighted by Gasteiger charge is 2.16. The molecule has 0 aliphatic rings. The molecular formula is C15H9BrCl2N2O2S. The Balaban J connectivity index is 1.97. The number of hydrogen-bond donors (Lipinski definition) is 1. The van der Waals surface area contributed by atoms with Crippen molar-refractivity contribution in [2.45, 2.75) is 0 Å². The van der Waals surface area contributed by atoms with Crippen LogP contribution in [0.5, 0.6) is 5.75 Å². The van der Waals surface area contributed by atoms with Crippen LogP contribution in [0.1, 0.15) is 10.4 Å². The van der Waals surface area contributed by atoms with Gasteiger partial charge in [0.05, 0.1) is 27.4 Å². The monoisotopic (exact) mass is 430 g/mol. The van der Waals surface area contributed by atoms with E-state index >= 15 is 0 Å². The first-order valence-corrected chi connectivity index (χ1v) is 8.75. The summed E-state index contributed by atoms with van der Waals surface area (Å²) in [6.07, 6.45) is 0. The van der Waals surface area contributed by atoms with Crippen molar-refractivity contribution in [3.05, 3.63) is 50.4 Å². The zero-order valence-corrected chi connectivity index (χ0v) is 15.6. The number of fused-ring (bicyclic) bond motifs is 1. The van der Waals surface area contributed by atoms with Gasteiger partial charge in [0, 0.05) is 4.47 Å². The first kappa shape index (κ1) is 16.5. The molecule has 0 spiro atoms. The van der Waals surface area contributed by atoms with E-state index in [0.29, 0.717) is 32.0 Å². The molecule has 0 bridgehead atoms. The van der Waals surface area contributed by atoms with E-state index in [1.807, 2.05) is 0 Å². The fourth-order valence-electron chi connectivity index (χ4n) is 2.01. The summed E-state index contributed by atoms with van der Waals surface area (Å²) in [6.45, 7) is 0. The number of hydrogen-bond acceptors (Lipinski definition) is 4. The quantitative estimate of drug-likeness (QED) is 0.584. The van der Waals surface area contributed by atoms with Gasteiger partial charge in [-0.25, -0.2) is 4.98 Å². The number of ether oxygens (including phenoxy) is 1. The number of thiazole rings is 1. The number of halogens is 3. The molecule has 0 radical (unpaired) electrons. The van der Waals surface area contributed by atoms with Gasteiger partial charge in [0.2, 0.25) is 0 Å². The highest BCUT2D eigenvalue weighted by molar-refractivity contribution is 9.10. The van der Waals surface area contributed by atoms with Gasteiger partial charge in [-0.1, -0.05) is 50.5 Å². The molecule has 23 heavy (non-hydrogen) atoms. The van der Waals surface area contributed by atoms with E-state index in [2.05, 4.69) is 26.2 Å². The minimum Gasteiger partial charge on any atom is -0.494 e. The van der Waals surface area contributed by atoms with Crippen LogP contribution in [-0.2, 0) is 0 Å². The van der Waals surface area contributed by atoms with Crippen LogP contribution in [0.4, 0.5) is 5.13 Å². The Morgan fingerprint density at radius 1 is 1.26 bits per heavy atom. The molecule has 0 aliphatic carbocycles. The molecule has 1 amide bonds. The number of rotatable bonds is 3. The number of carbonyl (C=O) groups is 1. The molecule has 1 aromatic heterocycles. The van der Waals surface area contributed by atoms with Gasteiger partial charge in [0.1, 0.15) is 11.3 Å². The predicted molar refractivity (Wildman–Crippen MR) is 98.3 cm³/mol. The molecule has 2 aromatic carbocycles. The number of nitrogens with one attached hydrogen (secondary N) is 1. The van der Waals surface area contributed by atoms with Crippen LogP contribution in [-0.4, -0.2) is 18.0 Å². The van der Waals surface area contributed by atoms with E-state index in [1.54, 1.807) is 37.4 Å². The molecule has 1 heterocycles. The van der Waals surface area contributed by atoms with Gasteiger partial charge < -0.3 is 4.74 Å². The van der Waals surface area contributed by atoms with E-state index in [4.69, 9.17) is 27.9 Å². The van der Waals surface area contributed by atoms with Crippen LogP contribution < -0.4 is 10.1 Å². The zero-order valence-electron chi connectivity index (χ0n) is 11.7. The number of methoxy groups -OCH3 is 1. The van der Waals surface area contributed by atoms with Gasteiger partial charge in [0.15, 0.2) is 5.13 Å². The van der Waals surface area contributed by atoms with Crippen molar-refractivity contribution in [3.8, 4) is 5.75 Å². The number of aromatic nitrogens is 1. The van der Waals surface area contributed by atoms with Crippen LogP contribution in [0, 0.1) is 0 Å². The lowest BCUT2D eigenvalue weighted by Gasteiger charge is -2.04. The Labute approximate surface area is 154 Å². The number of anilines is 1. The fraction of sp³-hybridized carbons (Fsp3) is 0.0667. The molecule has 118 valence electrons. The van der Waals surface area contributed by atoms with Gasteiger partial charge in [-0.15, -0.1) is 0 Å². The van der Waals surface area contributed by atoms with Gasteiger partial charge in [-0.2, -0.15) is 0 Å². The van der Waals surface area contributed by atoms with Crippen LogP contribution in [0.25, 0.3) is 10.2 Å². The molecule has 3 aromatic rings. The Bertz CT molecular complexity index is 914. The average molecular weight is 432 g/mol. The van der Waals surface area contributed by atoms with E-state index < -0.39 is 0 Å². The van der Waals surface area contributed by atoms with Gasteiger partial charge in [-0.05, 0) is 30.3 Å². The van der Waals surface area contributed by atoms with Crippen molar-refractivity contribution >= 4 is 71.7 Å². The van der Waals surface area contributed by atoms with Crippen LogP contribution in [0.15, 0.2) is 34.8 Å². The summed E-state index contributed by atoms with van der Waals surface area (Å²) in [4.78, 5) is 16.8. The minimum absolute atomic E-state index is 0.342. The number of nitrogens with zero attached hydrogens (tertiary/aromatic N) is 1. The molecule has 8 heteroatoms. The Hall–Kier alpha value is -1.34. The first-order valence-electron chi connectivity index (χ1n) is 6.39. The Morgan fingerprint density at radius 3 is 2.74 bits per heavy atom. The van der Waals surface area contributed by atoms with E-state index in [-0.39, 0.29) is 5.91 Å².